The number of carbonyl (C=O) groups excluding carboxylic acids is 2. The van der Waals surface area contributed by atoms with Crippen molar-refractivity contribution in [3.05, 3.63) is 35.9 Å². The fourth-order valence-electron chi connectivity index (χ4n) is 1.64. The monoisotopic (exact) mass is 250 g/mol. The molecule has 0 aromatic heterocycles. The third-order valence-electron chi connectivity index (χ3n) is 2.54. The SMILES string of the molecule is COC[C@@H](NC(N)=O)C(=O)CCc1ccccc1. The maximum Gasteiger partial charge on any atom is 0.312 e. The molecule has 1 atom stereocenters. The predicted octanol–water partition coefficient (Wildman–Crippen LogP) is 0.872. The van der Waals surface area contributed by atoms with Crippen LogP contribution in [0, 0.1) is 0 Å². The van der Waals surface area contributed by atoms with Gasteiger partial charge in [-0.25, -0.2) is 4.79 Å². The molecule has 0 bridgehead atoms. The zero-order chi connectivity index (χ0) is 13.4. The number of Topliss-reactive ketones (excluding diaryl/α,β-unsaturated/α-hetero) is 1. The van der Waals surface area contributed by atoms with Gasteiger partial charge >= 0.3 is 6.03 Å². The van der Waals surface area contributed by atoms with Crippen molar-refractivity contribution in [2.24, 2.45) is 5.73 Å². The highest BCUT2D eigenvalue weighted by Crippen LogP contribution is 2.04. The molecule has 0 heterocycles. The predicted molar refractivity (Wildman–Crippen MR) is 68.2 cm³/mol. The summed E-state index contributed by atoms with van der Waals surface area (Å²) in [4.78, 5) is 22.7. The Hall–Kier alpha value is -1.88. The topological polar surface area (TPSA) is 81.4 Å². The number of ether oxygens (including phenoxy) is 1. The number of rotatable bonds is 7. The van der Waals surface area contributed by atoms with Crippen molar-refractivity contribution >= 4 is 11.8 Å². The first-order valence-corrected chi connectivity index (χ1v) is 5.75. The molecular weight excluding hydrogens is 232 g/mol. The zero-order valence-electron chi connectivity index (χ0n) is 10.4. The summed E-state index contributed by atoms with van der Waals surface area (Å²) >= 11 is 0. The molecule has 1 aromatic rings. The summed E-state index contributed by atoms with van der Waals surface area (Å²) in [6.45, 7) is 0.135. The van der Waals surface area contributed by atoms with Crippen molar-refractivity contribution in [2.45, 2.75) is 18.9 Å². The minimum Gasteiger partial charge on any atom is -0.382 e. The molecule has 1 rings (SSSR count). The zero-order valence-corrected chi connectivity index (χ0v) is 10.4. The maximum atomic E-state index is 11.9. The van der Waals surface area contributed by atoms with E-state index in [0.29, 0.717) is 12.8 Å². The van der Waals surface area contributed by atoms with Crippen LogP contribution in [0.25, 0.3) is 0 Å². The van der Waals surface area contributed by atoms with Gasteiger partial charge in [-0.05, 0) is 12.0 Å². The Bertz CT molecular complexity index is 392. The van der Waals surface area contributed by atoms with E-state index < -0.39 is 12.1 Å². The number of benzene rings is 1. The standard InChI is InChI=1S/C13H18N2O3/c1-18-9-11(15-13(14)17)12(16)8-7-10-5-3-2-4-6-10/h2-6,11H,7-9H2,1H3,(H3,14,15,17)/t11-/m1/s1. The van der Waals surface area contributed by atoms with E-state index in [-0.39, 0.29) is 12.4 Å². The van der Waals surface area contributed by atoms with Crippen molar-refractivity contribution in [3.8, 4) is 0 Å². The third kappa shape index (κ3) is 4.97. The molecule has 0 fully saturated rings. The van der Waals surface area contributed by atoms with Crippen molar-refractivity contribution in [1.82, 2.24) is 5.32 Å². The van der Waals surface area contributed by atoms with Crippen molar-refractivity contribution in [1.29, 1.82) is 0 Å². The molecule has 2 amide bonds. The Morgan fingerprint density at radius 1 is 1.33 bits per heavy atom. The summed E-state index contributed by atoms with van der Waals surface area (Å²) in [5.41, 5.74) is 6.10. The number of methoxy groups -OCH3 is 1. The van der Waals surface area contributed by atoms with E-state index in [1.807, 2.05) is 30.3 Å². The normalized spacial score (nSPS) is 11.8. The van der Waals surface area contributed by atoms with E-state index in [1.54, 1.807) is 0 Å². The first kappa shape index (κ1) is 14.2. The number of nitrogens with two attached hydrogens (primary N) is 1. The van der Waals surface area contributed by atoms with Gasteiger partial charge in [-0.15, -0.1) is 0 Å². The lowest BCUT2D eigenvalue weighted by Crippen LogP contribution is -2.46. The van der Waals surface area contributed by atoms with Crippen LogP contribution in [0.1, 0.15) is 12.0 Å². The summed E-state index contributed by atoms with van der Waals surface area (Å²) in [5.74, 6) is -0.0838. The lowest BCUT2D eigenvalue weighted by Gasteiger charge is -2.15. The molecular formula is C13H18N2O3. The van der Waals surface area contributed by atoms with Crippen LogP contribution in [0.3, 0.4) is 0 Å². The van der Waals surface area contributed by atoms with Gasteiger partial charge in [0.05, 0.1) is 6.61 Å². The lowest BCUT2D eigenvalue weighted by molar-refractivity contribution is -0.122. The number of hydrogen-bond donors (Lipinski definition) is 2. The van der Waals surface area contributed by atoms with Gasteiger partial charge in [0.2, 0.25) is 0 Å². The van der Waals surface area contributed by atoms with Gasteiger partial charge in [-0.3, -0.25) is 4.79 Å². The Labute approximate surface area is 106 Å². The molecule has 1 aromatic carbocycles. The largest absolute Gasteiger partial charge is 0.382 e. The maximum absolute atomic E-state index is 11.9. The molecule has 0 aliphatic rings. The van der Waals surface area contributed by atoms with E-state index in [2.05, 4.69) is 5.32 Å². The van der Waals surface area contributed by atoms with Gasteiger partial charge in [0.15, 0.2) is 5.78 Å². The highest BCUT2D eigenvalue weighted by atomic mass is 16.5. The van der Waals surface area contributed by atoms with Gasteiger partial charge < -0.3 is 15.8 Å². The molecule has 0 saturated heterocycles. The smallest absolute Gasteiger partial charge is 0.312 e. The van der Waals surface area contributed by atoms with Crippen LogP contribution in [-0.2, 0) is 16.0 Å². The molecule has 18 heavy (non-hydrogen) atoms. The molecule has 0 unspecified atom stereocenters. The van der Waals surface area contributed by atoms with Crippen LogP contribution in [0.15, 0.2) is 30.3 Å². The van der Waals surface area contributed by atoms with Crippen LogP contribution < -0.4 is 11.1 Å². The number of urea groups is 1. The van der Waals surface area contributed by atoms with Gasteiger partial charge in [-0.2, -0.15) is 0 Å². The Kier molecular flexibility index (Phi) is 5.87. The lowest BCUT2D eigenvalue weighted by atomic mass is 10.0. The van der Waals surface area contributed by atoms with Crippen LogP contribution in [-0.4, -0.2) is 31.6 Å². The minimum absolute atomic E-state index is 0.0838. The molecule has 0 spiro atoms. The van der Waals surface area contributed by atoms with Crippen LogP contribution in [0.4, 0.5) is 4.79 Å². The summed E-state index contributed by atoms with van der Waals surface area (Å²) in [5, 5.41) is 2.38. The summed E-state index contributed by atoms with van der Waals surface area (Å²) in [7, 11) is 1.47. The second-order valence-corrected chi connectivity index (χ2v) is 3.97. The van der Waals surface area contributed by atoms with E-state index in [9.17, 15) is 9.59 Å². The number of amides is 2. The van der Waals surface area contributed by atoms with Gasteiger partial charge in [-0.1, -0.05) is 30.3 Å². The fourth-order valence-corrected chi connectivity index (χ4v) is 1.64. The quantitative estimate of drug-likeness (QED) is 0.753. The second-order valence-electron chi connectivity index (χ2n) is 3.97. The van der Waals surface area contributed by atoms with Gasteiger partial charge in [0.25, 0.3) is 0 Å². The number of ketones is 1. The highest BCUT2D eigenvalue weighted by Gasteiger charge is 2.18. The van der Waals surface area contributed by atoms with E-state index in [1.165, 1.54) is 7.11 Å². The van der Waals surface area contributed by atoms with E-state index >= 15 is 0 Å². The van der Waals surface area contributed by atoms with Crippen molar-refractivity contribution < 1.29 is 14.3 Å². The first-order chi connectivity index (χ1) is 8.63. The second kappa shape index (κ2) is 7.45. The molecule has 5 heteroatoms. The molecule has 0 saturated carbocycles. The molecule has 98 valence electrons. The minimum atomic E-state index is -0.717. The average molecular weight is 250 g/mol. The van der Waals surface area contributed by atoms with Crippen molar-refractivity contribution in [3.63, 3.8) is 0 Å². The molecule has 0 radical (unpaired) electrons. The van der Waals surface area contributed by atoms with Gasteiger partial charge in [0.1, 0.15) is 6.04 Å². The van der Waals surface area contributed by atoms with Crippen LogP contribution >= 0.6 is 0 Å². The molecule has 5 nitrogen and oxygen atoms in total. The molecule has 0 aliphatic carbocycles. The Balaban J connectivity index is 2.48. The molecule has 3 N–H and O–H groups in total. The number of nitrogens with one attached hydrogen (secondary N) is 1. The fraction of sp³-hybridized carbons (Fsp3) is 0.385. The first-order valence-electron chi connectivity index (χ1n) is 5.75. The van der Waals surface area contributed by atoms with E-state index in [4.69, 9.17) is 10.5 Å². The number of carbonyl (C=O) groups is 2. The van der Waals surface area contributed by atoms with E-state index in [0.717, 1.165) is 5.56 Å². The molecule has 0 aliphatic heterocycles. The number of primary amides is 1. The Morgan fingerprint density at radius 2 is 2.00 bits per heavy atom. The summed E-state index contributed by atoms with van der Waals surface area (Å²) < 4.78 is 4.89. The number of aryl methyl sites for hydroxylation is 1. The van der Waals surface area contributed by atoms with Gasteiger partial charge in [0, 0.05) is 13.5 Å². The summed E-state index contributed by atoms with van der Waals surface area (Å²) in [6, 6.07) is 8.30. The average Bonchev–Trinajstić information content (AvgIpc) is 2.36. The van der Waals surface area contributed by atoms with Crippen molar-refractivity contribution in [2.75, 3.05) is 13.7 Å². The third-order valence-corrected chi connectivity index (χ3v) is 2.54. The summed E-state index contributed by atoms with van der Waals surface area (Å²) in [6.07, 6.45) is 0.985. The van der Waals surface area contributed by atoms with Crippen LogP contribution in [0.5, 0.6) is 0 Å². The number of hydrogen-bond acceptors (Lipinski definition) is 3. The highest BCUT2D eigenvalue weighted by molar-refractivity contribution is 5.88. The van der Waals surface area contributed by atoms with Crippen LogP contribution in [0.2, 0.25) is 0 Å². The Morgan fingerprint density at radius 3 is 2.56 bits per heavy atom.